The third-order valence-corrected chi connectivity index (χ3v) is 4.87. The fraction of sp³-hybridized carbons (Fsp3) is 0.278. The predicted octanol–water partition coefficient (Wildman–Crippen LogP) is 4.19. The number of carbonyl (C=O) groups is 1. The SMILES string of the molecule is Cc1nc(NC(C(=O)O)C(C)C)c2cc(-c3ccccc3)sc2n1. The Morgan fingerprint density at radius 1 is 1.21 bits per heavy atom. The highest BCUT2D eigenvalue weighted by Gasteiger charge is 2.23. The fourth-order valence-corrected chi connectivity index (χ4v) is 3.63. The molecule has 3 aromatic rings. The number of benzene rings is 1. The number of anilines is 1. The second kappa shape index (κ2) is 6.57. The number of nitrogens with zero attached hydrogens (tertiary/aromatic N) is 2. The zero-order valence-electron chi connectivity index (χ0n) is 13.8. The Morgan fingerprint density at radius 3 is 2.54 bits per heavy atom. The molecule has 0 aliphatic carbocycles. The molecule has 1 atom stereocenters. The second-order valence-corrected chi connectivity index (χ2v) is 7.05. The molecule has 2 N–H and O–H groups in total. The summed E-state index contributed by atoms with van der Waals surface area (Å²) in [6.07, 6.45) is 0. The van der Waals surface area contributed by atoms with E-state index in [1.54, 1.807) is 11.3 Å². The van der Waals surface area contributed by atoms with Crippen molar-refractivity contribution in [2.45, 2.75) is 26.8 Å². The minimum absolute atomic E-state index is 0.0555. The van der Waals surface area contributed by atoms with Crippen LogP contribution in [0.5, 0.6) is 0 Å². The Balaban J connectivity index is 2.08. The molecule has 6 heteroatoms. The van der Waals surface area contributed by atoms with Crippen LogP contribution < -0.4 is 5.32 Å². The Morgan fingerprint density at radius 2 is 1.92 bits per heavy atom. The van der Waals surface area contributed by atoms with Gasteiger partial charge < -0.3 is 10.4 Å². The monoisotopic (exact) mass is 341 g/mol. The Kier molecular flexibility index (Phi) is 4.49. The summed E-state index contributed by atoms with van der Waals surface area (Å²) in [5.74, 6) is 0.268. The van der Waals surface area contributed by atoms with Crippen LogP contribution in [0.2, 0.25) is 0 Å². The molecule has 2 heterocycles. The van der Waals surface area contributed by atoms with Gasteiger partial charge >= 0.3 is 5.97 Å². The number of aliphatic carboxylic acids is 1. The molecule has 0 bridgehead atoms. The predicted molar refractivity (Wildman–Crippen MR) is 97.5 cm³/mol. The van der Waals surface area contributed by atoms with Crippen molar-refractivity contribution in [2.24, 2.45) is 5.92 Å². The third kappa shape index (κ3) is 3.23. The lowest BCUT2D eigenvalue weighted by molar-refractivity contribution is -0.138. The first-order valence-electron chi connectivity index (χ1n) is 7.78. The van der Waals surface area contributed by atoms with Gasteiger partial charge in [-0.1, -0.05) is 44.2 Å². The Bertz CT molecular complexity index is 875. The van der Waals surface area contributed by atoms with Crippen molar-refractivity contribution in [1.82, 2.24) is 9.97 Å². The van der Waals surface area contributed by atoms with Crippen LogP contribution in [-0.2, 0) is 4.79 Å². The zero-order valence-corrected chi connectivity index (χ0v) is 14.6. The van der Waals surface area contributed by atoms with Crippen LogP contribution in [0, 0.1) is 12.8 Å². The average molecular weight is 341 g/mol. The van der Waals surface area contributed by atoms with E-state index in [0.717, 1.165) is 20.7 Å². The van der Waals surface area contributed by atoms with E-state index in [0.29, 0.717) is 11.6 Å². The van der Waals surface area contributed by atoms with E-state index in [9.17, 15) is 9.90 Å². The number of carboxylic acid groups (broad SMARTS) is 1. The minimum atomic E-state index is -0.882. The maximum Gasteiger partial charge on any atom is 0.326 e. The lowest BCUT2D eigenvalue weighted by atomic mass is 10.0. The number of rotatable bonds is 5. The first-order chi connectivity index (χ1) is 11.5. The summed E-state index contributed by atoms with van der Waals surface area (Å²) in [5.41, 5.74) is 1.11. The lowest BCUT2D eigenvalue weighted by Gasteiger charge is -2.19. The summed E-state index contributed by atoms with van der Waals surface area (Å²) in [4.78, 5) is 22.4. The number of fused-ring (bicyclic) bond motifs is 1. The molecule has 0 aliphatic rings. The summed E-state index contributed by atoms with van der Waals surface area (Å²) in [6, 6.07) is 11.4. The number of nitrogens with one attached hydrogen (secondary N) is 1. The number of thiophene rings is 1. The van der Waals surface area contributed by atoms with E-state index < -0.39 is 12.0 Å². The number of aromatic nitrogens is 2. The molecule has 0 aliphatic heterocycles. The van der Waals surface area contributed by atoms with Crippen LogP contribution in [-0.4, -0.2) is 27.1 Å². The zero-order chi connectivity index (χ0) is 17.3. The van der Waals surface area contributed by atoms with Crippen molar-refractivity contribution in [2.75, 3.05) is 5.32 Å². The van der Waals surface area contributed by atoms with Gasteiger partial charge in [-0.3, -0.25) is 0 Å². The standard InChI is InChI=1S/C18H19N3O2S/c1-10(2)15(18(22)23)21-16-13-9-14(12-7-5-4-6-8-12)24-17(13)20-11(3)19-16/h4-10,15H,1-3H3,(H,22,23)(H,19,20,21). The number of carboxylic acids is 1. The van der Waals surface area contributed by atoms with E-state index in [2.05, 4.69) is 15.3 Å². The number of aryl methyl sites for hydroxylation is 1. The van der Waals surface area contributed by atoms with Crippen molar-refractivity contribution in [1.29, 1.82) is 0 Å². The summed E-state index contributed by atoms with van der Waals surface area (Å²) >= 11 is 1.58. The maximum absolute atomic E-state index is 11.5. The third-order valence-electron chi connectivity index (χ3n) is 3.79. The van der Waals surface area contributed by atoms with Gasteiger partial charge in [0.15, 0.2) is 0 Å². The molecule has 24 heavy (non-hydrogen) atoms. The number of hydrogen-bond acceptors (Lipinski definition) is 5. The Hall–Kier alpha value is -2.47. The summed E-state index contributed by atoms with van der Waals surface area (Å²) in [6.45, 7) is 5.57. The van der Waals surface area contributed by atoms with E-state index in [-0.39, 0.29) is 5.92 Å². The van der Waals surface area contributed by atoms with Crippen molar-refractivity contribution in [3.8, 4) is 10.4 Å². The molecule has 2 aromatic heterocycles. The van der Waals surface area contributed by atoms with Gasteiger partial charge in [-0.25, -0.2) is 14.8 Å². The first-order valence-corrected chi connectivity index (χ1v) is 8.60. The highest BCUT2D eigenvalue weighted by Crippen LogP contribution is 2.35. The van der Waals surface area contributed by atoms with Gasteiger partial charge in [0.1, 0.15) is 22.5 Å². The second-order valence-electron chi connectivity index (χ2n) is 6.02. The van der Waals surface area contributed by atoms with Crippen LogP contribution in [0.1, 0.15) is 19.7 Å². The van der Waals surface area contributed by atoms with Crippen LogP contribution in [0.4, 0.5) is 5.82 Å². The molecular formula is C18H19N3O2S. The molecule has 5 nitrogen and oxygen atoms in total. The summed E-state index contributed by atoms with van der Waals surface area (Å²) in [5, 5.41) is 13.4. The minimum Gasteiger partial charge on any atom is -0.480 e. The first kappa shape index (κ1) is 16.4. The van der Waals surface area contributed by atoms with E-state index in [4.69, 9.17) is 0 Å². The molecule has 0 fully saturated rings. The smallest absolute Gasteiger partial charge is 0.326 e. The van der Waals surface area contributed by atoms with E-state index >= 15 is 0 Å². The van der Waals surface area contributed by atoms with Crippen molar-refractivity contribution in [3.05, 3.63) is 42.2 Å². The highest BCUT2D eigenvalue weighted by atomic mass is 32.1. The summed E-state index contributed by atoms with van der Waals surface area (Å²) < 4.78 is 0. The van der Waals surface area contributed by atoms with Gasteiger partial charge in [0, 0.05) is 4.88 Å². The number of hydrogen-bond donors (Lipinski definition) is 2. The molecule has 0 saturated heterocycles. The van der Waals surface area contributed by atoms with Crippen molar-refractivity contribution >= 4 is 33.3 Å². The lowest BCUT2D eigenvalue weighted by Crippen LogP contribution is -2.34. The molecule has 0 amide bonds. The van der Waals surface area contributed by atoms with E-state index in [1.165, 1.54) is 0 Å². The molecular weight excluding hydrogens is 322 g/mol. The van der Waals surface area contributed by atoms with Crippen LogP contribution in [0.3, 0.4) is 0 Å². The van der Waals surface area contributed by atoms with Crippen molar-refractivity contribution in [3.63, 3.8) is 0 Å². The molecule has 3 rings (SSSR count). The van der Waals surface area contributed by atoms with Gasteiger partial charge in [0.2, 0.25) is 0 Å². The average Bonchev–Trinajstić information content (AvgIpc) is 2.96. The quantitative estimate of drug-likeness (QED) is 0.728. The molecule has 1 aromatic carbocycles. The maximum atomic E-state index is 11.5. The van der Waals surface area contributed by atoms with Gasteiger partial charge in [-0.2, -0.15) is 0 Å². The topological polar surface area (TPSA) is 75.1 Å². The molecule has 0 radical (unpaired) electrons. The van der Waals surface area contributed by atoms with Crippen LogP contribution in [0.25, 0.3) is 20.7 Å². The molecule has 0 saturated carbocycles. The highest BCUT2D eigenvalue weighted by molar-refractivity contribution is 7.21. The van der Waals surface area contributed by atoms with E-state index in [1.807, 2.05) is 57.2 Å². The molecule has 0 spiro atoms. The van der Waals surface area contributed by atoms with Crippen LogP contribution in [0.15, 0.2) is 36.4 Å². The molecule has 124 valence electrons. The van der Waals surface area contributed by atoms with Gasteiger partial charge in [-0.15, -0.1) is 11.3 Å². The Labute approximate surface area is 144 Å². The largest absolute Gasteiger partial charge is 0.480 e. The molecule has 1 unspecified atom stereocenters. The summed E-state index contributed by atoms with van der Waals surface area (Å²) in [7, 11) is 0. The van der Waals surface area contributed by atoms with Gasteiger partial charge in [-0.05, 0) is 24.5 Å². The van der Waals surface area contributed by atoms with Gasteiger partial charge in [0.25, 0.3) is 0 Å². The van der Waals surface area contributed by atoms with Crippen molar-refractivity contribution < 1.29 is 9.90 Å². The van der Waals surface area contributed by atoms with Crippen LogP contribution >= 0.6 is 11.3 Å². The fourth-order valence-electron chi connectivity index (χ4n) is 2.54. The van der Waals surface area contributed by atoms with Gasteiger partial charge in [0.05, 0.1) is 5.39 Å². The normalized spacial score (nSPS) is 12.5.